The minimum Gasteiger partial charge on any atom is -0.462 e. The smallest absolute Gasteiger partial charge is 0.344 e. The molecule has 0 amide bonds. The van der Waals surface area contributed by atoms with E-state index in [-0.39, 0.29) is 5.82 Å². The molecular weight excluding hydrogens is 238 g/mol. The van der Waals surface area contributed by atoms with Crippen LogP contribution in [0.5, 0.6) is 0 Å². The molecule has 6 heteroatoms. The standard InChI is InChI=1S/C11H19N3O2S/c1-4-16-11(15)8-9(12)14-17-10(8)13-6-5-7(2)3/h7,13H,4-6H2,1-3H3,(H2,12,14). The van der Waals surface area contributed by atoms with Crippen LogP contribution in [0.2, 0.25) is 0 Å². The highest BCUT2D eigenvalue weighted by Crippen LogP contribution is 2.27. The second kappa shape index (κ2) is 6.44. The maximum absolute atomic E-state index is 11.7. The van der Waals surface area contributed by atoms with E-state index in [0.29, 0.717) is 23.1 Å². The highest BCUT2D eigenvalue weighted by Gasteiger charge is 2.20. The Morgan fingerprint density at radius 1 is 1.59 bits per heavy atom. The number of anilines is 2. The molecule has 0 aliphatic carbocycles. The van der Waals surface area contributed by atoms with Crippen molar-refractivity contribution in [2.24, 2.45) is 5.92 Å². The highest BCUT2D eigenvalue weighted by atomic mass is 32.1. The average molecular weight is 257 g/mol. The quantitative estimate of drug-likeness (QED) is 0.765. The Hall–Kier alpha value is -1.30. The molecule has 0 fully saturated rings. The number of carbonyl (C=O) groups is 1. The van der Waals surface area contributed by atoms with E-state index in [2.05, 4.69) is 23.5 Å². The molecule has 1 rings (SSSR count). The Kier molecular flexibility index (Phi) is 5.21. The van der Waals surface area contributed by atoms with Gasteiger partial charge < -0.3 is 15.8 Å². The second-order valence-electron chi connectivity index (χ2n) is 4.10. The molecule has 0 bridgehead atoms. The third-order valence-corrected chi connectivity index (χ3v) is 3.02. The van der Waals surface area contributed by atoms with Gasteiger partial charge in [0, 0.05) is 6.54 Å². The summed E-state index contributed by atoms with van der Waals surface area (Å²) in [7, 11) is 0. The van der Waals surface area contributed by atoms with E-state index in [1.54, 1.807) is 6.92 Å². The largest absolute Gasteiger partial charge is 0.462 e. The zero-order valence-corrected chi connectivity index (χ0v) is 11.3. The van der Waals surface area contributed by atoms with Crippen LogP contribution in [0.3, 0.4) is 0 Å². The van der Waals surface area contributed by atoms with Crippen LogP contribution in [-0.2, 0) is 4.74 Å². The van der Waals surface area contributed by atoms with Crippen molar-refractivity contribution in [3.8, 4) is 0 Å². The summed E-state index contributed by atoms with van der Waals surface area (Å²) in [6, 6.07) is 0. The van der Waals surface area contributed by atoms with Crippen molar-refractivity contribution in [2.45, 2.75) is 27.2 Å². The SMILES string of the molecule is CCOC(=O)c1c(N)nsc1NCCC(C)C. The minimum atomic E-state index is -0.411. The normalized spacial score (nSPS) is 10.6. The summed E-state index contributed by atoms with van der Waals surface area (Å²) in [5.41, 5.74) is 6.02. The van der Waals surface area contributed by atoms with E-state index in [4.69, 9.17) is 10.5 Å². The zero-order chi connectivity index (χ0) is 12.8. The number of carbonyl (C=O) groups excluding carboxylic acids is 1. The molecule has 3 N–H and O–H groups in total. The van der Waals surface area contributed by atoms with E-state index in [0.717, 1.165) is 13.0 Å². The lowest BCUT2D eigenvalue weighted by Crippen LogP contribution is -2.11. The van der Waals surface area contributed by atoms with Gasteiger partial charge in [-0.3, -0.25) is 0 Å². The van der Waals surface area contributed by atoms with Crippen molar-refractivity contribution in [1.82, 2.24) is 4.37 Å². The van der Waals surface area contributed by atoms with Crippen molar-refractivity contribution in [2.75, 3.05) is 24.2 Å². The predicted molar refractivity (Wildman–Crippen MR) is 70.4 cm³/mol. The zero-order valence-electron chi connectivity index (χ0n) is 10.4. The maximum Gasteiger partial charge on any atom is 0.344 e. The molecule has 0 aliphatic rings. The fourth-order valence-corrected chi connectivity index (χ4v) is 2.02. The molecule has 0 saturated carbocycles. The molecule has 17 heavy (non-hydrogen) atoms. The van der Waals surface area contributed by atoms with Gasteiger partial charge in [0.1, 0.15) is 10.6 Å². The summed E-state index contributed by atoms with van der Waals surface area (Å²) >= 11 is 1.20. The maximum atomic E-state index is 11.7. The Bertz CT molecular complexity index is 377. The van der Waals surface area contributed by atoms with E-state index < -0.39 is 5.97 Å². The van der Waals surface area contributed by atoms with Crippen molar-refractivity contribution in [1.29, 1.82) is 0 Å². The number of nitrogens with zero attached hydrogens (tertiary/aromatic N) is 1. The Labute approximate surface area is 106 Å². The summed E-state index contributed by atoms with van der Waals surface area (Å²) in [5, 5.41) is 3.88. The Morgan fingerprint density at radius 2 is 2.29 bits per heavy atom. The number of ether oxygens (including phenoxy) is 1. The molecule has 0 saturated heterocycles. The van der Waals surface area contributed by atoms with Gasteiger partial charge in [-0.1, -0.05) is 13.8 Å². The van der Waals surface area contributed by atoms with E-state index >= 15 is 0 Å². The average Bonchev–Trinajstić information content (AvgIpc) is 2.60. The third-order valence-electron chi connectivity index (χ3n) is 2.21. The van der Waals surface area contributed by atoms with Crippen molar-refractivity contribution < 1.29 is 9.53 Å². The van der Waals surface area contributed by atoms with Crippen LogP contribution in [0.15, 0.2) is 0 Å². The lowest BCUT2D eigenvalue weighted by atomic mass is 10.1. The fourth-order valence-electron chi connectivity index (χ4n) is 1.30. The summed E-state index contributed by atoms with van der Waals surface area (Å²) in [6.07, 6.45) is 1.03. The number of nitrogens with two attached hydrogens (primary N) is 1. The van der Waals surface area contributed by atoms with Crippen molar-refractivity contribution >= 4 is 28.3 Å². The van der Waals surface area contributed by atoms with Gasteiger partial charge in [-0.15, -0.1) is 0 Å². The van der Waals surface area contributed by atoms with Gasteiger partial charge in [0.2, 0.25) is 0 Å². The molecule has 0 aromatic carbocycles. The molecule has 1 heterocycles. The van der Waals surface area contributed by atoms with Crippen LogP contribution in [0.25, 0.3) is 0 Å². The molecule has 1 aromatic rings. The number of esters is 1. The lowest BCUT2D eigenvalue weighted by Gasteiger charge is -2.08. The first-order valence-corrected chi connectivity index (χ1v) is 6.49. The van der Waals surface area contributed by atoms with Gasteiger partial charge in [-0.25, -0.2) is 4.79 Å². The molecule has 1 aromatic heterocycles. The molecule has 0 aliphatic heterocycles. The van der Waals surface area contributed by atoms with Crippen LogP contribution in [0.1, 0.15) is 37.6 Å². The molecule has 0 radical (unpaired) electrons. The number of hydrogen-bond donors (Lipinski definition) is 2. The first-order valence-electron chi connectivity index (χ1n) is 5.72. The van der Waals surface area contributed by atoms with Crippen LogP contribution in [0.4, 0.5) is 10.8 Å². The monoisotopic (exact) mass is 257 g/mol. The number of rotatable bonds is 6. The van der Waals surface area contributed by atoms with Gasteiger partial charge >= 0.3 is 5.97 Å². The van der Waals surface area contributed by atoms with Crippen molar-refractivity contribution in [3.05, 3.63) is 5.56 Å². The van der Waals surface area contributed by atoms with Gasteiger partial charge in [0.25, 0.3) is 0 Å². The highest BCUT2D eigenvalue weighted by molar-refractivity contribution is 7.11. The van der Waals surface area contributed by atoms with Crippen LogP contribution in [0, 0.1) is 5.92 Å². The number of nitrogens with one attached hydrogen (secondary N) is 1. The first kappa shape index (κ1) is 13.8. The third kappa shape index (κ3) is 3.89. The molecule has 96 valence electrons. The molecule has 0 spiro atoms. The number of hydrogen-bond acceptors (Lipinski definition) is 6. The first-order chi connectivity index (χ1) is 8.06. The van der Waals surface area contributed by atoms with E-state index in [9.17, 15) is 4.79 Å². The summed E-state index contributed by atoms with van der Waals surface area (Å²) in [6.45, 7) is 7.19. The van der Waals surface area contributed by atoms with Crippen LogP contribution >= 0.6 is 11.5 Å². The van der Waals surface area contributed by atoms with Crippen LogP contribution in [-0.4, -0.2) is 23.5 Å². The van der Waals surface area contributed by atoms with E-state index in [1.807, 2.05) is 0 Å². The molecular formula is C11H19N3O2S. The van der Waals surface area contributed by atoms with Gasteiger partial charge in [-0.2, -0.15) is 4.37 Å². The van der Waals surface area contributed by atoms with Gasteiger partial charge in [-0.05, 0) is 30.8 Å². The fraction of sp³-hybridized carbons (Fsp3) is 0.636. The second-order valence-corrected chi connectivity index (χ2v) is 4.88. The molecule has 0 unspecified atom stereocenters. The topological polar surface area (TPSA) is 77.2 Å². The molecule has 0 atom stereocenters. The minimum absolute atomic E-state index is 0.237. The summed E-state index contributed by atoms with van der Waals surface area (Å²) in [4.78, 5) is 11.7. The van der Waals surface area contributed by atoms with E-state index in [1.165, 1.54) is 11.5 Å². The molecule has 5 nitrogen and oxygen atoms in total. The Balaban J connectivity index is 2.69. The van der Waals surface area contributed by atoms with Gasteiger partial charge in [0.05, 0.1) is 6.61 Å². The number of nitrogen functional groups attached to an aromatic ring is 1. The summed E-state index contributed by atoms with van der Waals surface area (Å²) < 4.78 is 8.92. The van der Waals surface area contributed by atoms with Gasteiger partial charge in [0.15, 0.2) is 5.82 Å². The van der Waals surface area contributed by atoms with Crippen molar-refractivity contribution in [3.63, 3.8) is 0 Å². The lowest BCUT2D eigenvalue weighted by molar-refractivity contribution is 0.0529. The number of aromatic nitrogens is 1. The Morgan fingerprint density at radius 3 is 2.88 bits per heavy atom. The predicted octanol–water partition coefficient (Wildman–Crippen LogP) is 2.36. The van der Waals surface area contributed by atoms with Crippen LogP contribution < -0.4 is 11.1 Å². The summed E-state index contributed by atoms with van der Waals surface area (Å²) in [5.74, 6) is 0.435.